The monoisotopic (exact) mass is 354 g/mol. The highest BCUT2D eigenvalue weighted by Crippen LogP contribution is 2.64. The lowest BCUT2D eigenvalue weighted by Gasteiger charge is -2.38. The largest absolute Gasteiger partial charge is 0.462 e. The molecule has 0 aromatic heterocycles. The van der Waals surface area contributed by atoms with Crippen molar-refractivity contribution in [3.8, 4) is 0 Å². The van der Waals surface area contributed by atoms with Crippen LogP contribution in [0, 0.1) is 5.41 Å². The molecule has 1 saturated heterocycles. The molecule has 1 aliphatic heterocycles. The smallest absolute Gasteiger partial charge is 0.318 e. The number of fused-ring (bicyclic) bond motifs is 5. The molecule has 4 heteroatoms. The van der Waals surface area contributed by atoms with E-state index < -0.39 is 11.2 Å². The predicted octanol–water partition coefficient (Wildman–Crippen LogP) is 3.93. The highest BCUT2D eigenvalue weighted by Gasteiger charge is 2.72. The summed E-state index contributed by atoms with van der Waals surface area (Å²) in [4.78, 5) is 13.5. The van der Waals surface area contributed by atoms with E-state index in [4.69, 9.17) is 9.47 Å². The number of carbonyl (C=O) groups is 1. The van der Waals surface area contributed by atoms with Gasteiger partial charge in [-0.3, -0.25) is 4.79 Å². The van der Waals surface area contributed by atoms with Gasteiger partial charge in [0.1, 0.15) is 11.5 Å². The van der Waals surface area contributed by atoms with Gasteiger partial charge in [0.2, 0.25) is 0 Å². The first-order chi connectivity index (χ1) is 12.6. The van der Waals surface area contributed by atoms with Crippen LogP contribution >= 0.6 is 0 Å². The van der Waals surface area contributed by atoms with E-state index in [0.717, 1.165) is 43.2 Å². The summed E-state index contributed by atoms with van der Waals surface area (Å²) in [6, 6.07) is 8.14. The molecular weight excluding hydrogens is 328 g/mol. The summed E-state index contributed by atoms with van der Waals surface area (Å²) in [5.41, 5.74) is 1.22. The molecule has 1 aromatic rings. The zero-order chi connectivity index (χ0) is 17.8. The van der Waals surface area contributed by atoms with Crippen LogP contribution in [0.3, 0.4) is 0 Å². The van der Waals surface area contributed by atoms with Crippen LogP contribution in [-0.4, -0.2) is 29.1 Å². The summed E-state index contributed by atoms with van der Waals surface area (Å²) in [5, 5.41) is 11.4. The Morgan fingerprint density at radius 3 is 2.77 bits per heavy atom. The Bertz CT molecular complexity index is 750. The first-order valence-electron chi connectivity index (χ1n) is 10.0. The van der Waals surface area contributed by atoms with Gasteiger partial charge < -0.3 is 14.6 Å². The van der Waals surface area contributed by atoms with Crippen LogP contribution in [0.5, 0.6) is 0 Å². The van der Waals surface area contributed by atoms with E-state index in [0.29, 0.717) is 12.8 Å². The first kappa shape index (κ1) is 16.5. The van der Waals surface area contributed by atoms with Gasteiger partial charge >= 0.3 is 5.97 Å². The van der Waals surface area contributed by atoms with Gasteiger partial charge in [-0.2, -0.15) is 0 Å². The van der Waals surface area contributed by atoms with Gasteiger partial charge in [0.25, 0.3) is 0 Å². The van der Waals surface area contributed by atoms with Crippen molar-refractivity contribution in [3.63, 3.8) is 0 Å². The third-order valence-corrected chi connectivity index (χ3v) is 6.96. The zero-order valence-electron chi connectivity index (χ0n) is 15.0. The van der Waals surface area contributed by atoms with Gasteiger partial charge in [-0.15, -0.1) is 0 Å². The van der Waals surface area contributed by atoms with Crippen molar-refractivity contribution in [1.82, 2.24) is 0 Å². The quantitative estimate of drug-likeness (QED) is 0.818. The van der Waals surface area contributed by atoms with Crippen molar-refractivity contribution in [2.24, 2.45) is 5.41 Å². The van der Waals surface area contributed by atoms with Crippen molar-refractivity contribution in [1.29, 1.82) is 0 Å². The van der Waals surface area contributed by atoms with E-state index in [-0.39, 0.29) is 24.1 Å². The van der Waals surface area contributed by atoms with Gasteiger partial charge in [-0.25, -0.2) is 0 Å². The standard InChI is InChI=1S/C22H26O4/c23-20(25-16-8-2-1-3-9-16)21-13-6-14-22(21,24)26-18-12-11-15-7-4-5-10-17(15)19(18)21/h4-5,7,10-12,16,18-19,24H,1-3,6,8-9,13-14H2/t18?,19?,21-,22-/m1/s1. The van der Waals surface area contributed by atoms with Crippen molar-refractivity contribution in [2.45, 2.75) is 75.3 Å². The molecule has 5 rings (SSSR count). The molecule has 4 aliphatic rings. The molecule has 3 aliphatic carbocycles. The van der Waals surface area contributed by atoms with E-state index in [1.165, 1.54) is 6.42 Å². The van der Waals surface area contributed by atoms with Crippen LogP contribution in [0.1, 0.15) is 68.4 Å². The number of hydrogen-bond acceptors (Lipinski definition) is 4. The van der Waals surface area contributed by atoms with Crippen molar-refractivity contribution < 1.29 is 19.4 Å². The summed E-state index contributed by atoms with van der Waals surface area (Å²) in [5.74, 6) is -1.84. The Labute approximate surface area is 154 Å². The summed E-state index contributed by atoms with van der Waals surface area (Å²) < 4.78 is 12.1. The number of hydrogen-bond donors (Lipinski definition) is 1. The second kappa shape index (κ2) is 5.93. The van der Waals surface area contributed by atoms with Gasteiger partial charge in [-0.1, -0.05) is 42.8 Å². The number of esters is 1. The summed E-state index contributed by atoms with van der Waals surface area (Å²) in [7, 11) is 0. The lowest BCUT2D eigenvalue weighted by atomic mass is 9.65. The van der Waals surface area contributed by atoms with Crippen LogP contribution in [0.2, 0.25) is 0 Å². The number of benzene rings is 1. The Kier molecular flexibility index (Phi) is 3.77. The minimum absolute atomic E-state index is 0.0103. The summed E-state index contributed by atoms with van der Waals surface area (Å²) in [6.45, 7) is 0. The summed E-state index contributed by atoms with van der Waals surface area (Å²) >= 11 is 0. The van der Waals surface area contributed by atoms with Crippen LogP contribution in [0.4, 0.5) is 0 Å². The zero-order valence-corrected chi connectivity index (χ0v) is 15.0. The molecule has 4 nitrogen and oxygen atoms in total. The second-order valence-electron chi connectivity index (χ2n) is 8.32. The number of ether oxygens (including phenoxy) is 2. The average molecular weight is 354 g/mol. The lowest BCUT2D eigenvalue weighted by molar-refractivity contribution is -0.231. The Hall–Kier alpha value is -1.65. The maximum Gasteiger partial charge on any atom is 0.318 e. The molecular formula is C22H26O4. The highest BCUT2D eigenvalue weighted by molar-refractivity contribution is 5.82. The van der Waals surface area contributed by atoms with Gasteiger partial charge in [0.05, 0.1) is 6.10 Å². The predicted molar refractivity (Wildman–Crippen MR) is 97.3 cm³/mol. The average Bonchev–Trinajstić information content (AvgIpc) is 3.12. The molecule has 0 bridgehead atoms. The van der Waals surface area contributed by atoms with Crippen molar-refractivity contribution >= 4 is 12.0 Å². The van der Waals surface area contributed by atoms with Gasteiger partial charge in [0, 0.05) is 12.3 Å². The van der Waals surface area contributed by atoms with E-state index in [1.807, 2.05) is 24.3 Å². The third-order valence-electron chi connectivity index (χ3n) is 6.96. The molecule has 0 amide bonds. The summed E-state index contributed by atoms with van der Waals surface area (Å²) in [6.07, 6.45) is 11.0. The molecule has 3 fully saturated rings. The maximum absolute atomic E-state index is 13.5. The fourth-order valence-electron chi connectivity index (χ4n) is 5.73. The molecule has 26 heavy (non-hydrogen) atoms. The molecule has 1 N–H and O–H groups in total. The second-order valence-corrected chi connectivity index (χ2v) is 8.32. The number of aliphatic hydroxyl groups is 1. The molecule has 4 atom stereocenters. The molecule has 1 aromatic carbocycles. The Morgan fingerprint density at radius 2 is 1.92 bits per heavy atom. The van der Waals surface area contributed by atoms with Crippen LogP contribution in [0.15, 0.2) is 30.3 Å². The van der Waals surface area contributed by atoms with Crippen LogP contribution in [0.25, 0.3) is 6.08 Å². The molecule has 1 heterocycles. The van der Waals surface area contributed by atoms with E-state index in [1.54, 1.807) is 0 Å². The third kappa shape index (κ3) is 2.18. The maximum atomic E-state index is 13.5. The topological polar surface area (TPSA) is 55.8 Å². The van der Waals surface area contributed by atoms with E-state index in [2.05, 4.69) is 12.1 Å². The highest BCUT2D eigenvalue weighted by atomic mass is 16.6. The van der Waals surface area contributed by atoms with Crippen molar-refractivity contribution in [2.75, 3.05) is 0 Å². The minimum atomic E-state index is -1.42. The number of rotatable bonds is 2. The Balaban J connectivity index is 1.55. The Morgan fingerprint density at radius 1 is 1.12 bits per heavy atom. The van der Waals surface area contributed by atoms with Gasteiger partial charge in [-0.05, 0) is 49.7 Å². The van der Waals surface area contributed by atoms with Crippen molar-refractivity contribution in [3.05, 3.63) is 41.5 Å². The molecule has 0 spiro atoms. The molecule has 2 unspecified atom stereocenters. The number of carbonyl (C=O) groups excluding carboxylic acids is 1. The fourth-order valence-corrected chi connectivity index (χ4v) is 5.73. The lowest BCUT2D eigenvalue weighted by Crippen LogP contribution is -2.50. The minimum Gasteiger partial charge on any atom is -0.462 e. The van der Waals surface area contributed by atoms with E-state index >= 15 is 0 Å². The molecule has 0 radical (unpaired) electrons. The van der Waals surface area contributed by atoms with Gasteiger partial charge in [0.15, 0.2) is 5.79 Å². The SMILES string of the molecule is O=C(OC1CCCCC1)[C@]12CCC[C@@]1(O)OC1C=Cc3ccccc3C12. The van der Waals surface area contributed by atoms with Crippen LogP contribution in [-0.2, 0) is 14.3 Å². The normalized spacial score (nSPS) is 38.5. The first-order valence-corrected chi connectivity index (χ1v) is 10.0. The van der Waals surface area contributed by atoms with Crippen LogP contribution < -0.4 is 0 Å². The fraction of sp³-hybridized carbons (Fsp3) is 0.591. The molecule has 2 saturated carbocycles. The van der Waals surface area contributed by atoms with E-state index in [9.17, 15) is 9.90 Å². The molecule has 138 valence electrons.